The summed E-state index contributed by atoms with van der Waals surface area (Å²) in [6.07, 6.45) is 1.52. The van der Waals surface area contributed by atoms with Crippen molar-refractivity contribution in [1.82, 2.24) is 4.57 Å². The SMILES string of the molecule is Oc1ccccc1Cc1ccc2c(c1)c(Cc1ccccc1O)c(Cc1ccccc1O)n2Cc1ccccc1O. The molecule has 0 aliphatic carbocycles. The highest BCUT2D eigenvalue weighted by molar-refractivity contribution is 5.87. The number of phenols is 4. The molecule has 0 atom stereocenters. The molecule has 6 rings (SSSR count). The average Bonchev–Trinajstić information content (AvgIpc) is 3.24. The van der Waals surface area contributed by atoms with Gasteiger partial charge in [0.1, 0.15) is 23.0 Å². The number of aromatic hydroxyl groups is 4. The van der Waals surface area contributed by atoms with Crippen molar-refractivity contribution >= 4 is 10.9 Å². The van der Waals surface area contributed by atoms with Gasteiger partial charge in [-0.3, -0.25) is 0 Å². The summed E-state index contributed by atoms with van der Waals surface area (Å²) in [7, 11) is 0. The van der Waals surface area contributed by atoms with Crippen molar-refractivity contribution in [1.29, 1.82) is 0 Å². The first kappa shape index (κ1) is 26.1. The van der Waals surface area contributed by atoms with Crippen molar-refractivity contribution in [2.45, 2.75) is 25.8 Å². The van der Waals surface area contributed by atoms with Gasteiger partial charge >= 0.3 is 0 Å². The maximum atomic E-state index is 10.7. The van der Waals surface area contributed by atoms with E-state index in [1.54, 1.807) is 24.3 Å². The van der Waals surface area contributed by atoms with Crippen LogP contribution in [0.5, 0.6) is 23.0 Å². The highest BCUT2D eigenvalue weighted by Gasteiger charge is 2.21. The van der Waals surface area contributed by atoms with Crippen molar-refractivity contribution in [2.75, 3.05) is 0 Å². The largest absolute Gasteiger partial charge is 0.508 e. The highest BCUT2D eigenvalue weighted by Crippen LogP contribution is 2.36. The van der Waals surface area contributed by atoms with Gasteiger partial charge in [0, 0.05) is 41.4 Å². The second-order valence-corrected chi connectivity index (χ2v) is 10.4. The second kappa shape index (κ2) is 11.1. The van der Waals surface area contributed by atoms with Crippen LogP contribution in [0.4, 0.5) is 0 Å². The van der Waals surface area contributed by atoms with E-state index in [2.05, 4.69) is 22.8 Å². The van der Waals surface area contributed by atoms with Gasteiger partial charge in [-0.25, -0.2) is 0 Å². The van der Waals surface area contributed by atoms with Gasteiger partial charge in [-0.15, -0.1) is 0 Å². The lowest BCUT2D eigenvalue weighted by atomic mass is 9.96. The summed E-state index contributed by atoms with van der Waals surface area (Å²) in [5.74, 6) is 0.939. The molecule has 4 N–H and O–H groups in total. The molecule has 0 saturated heterocycles. The fourth-order valence-corrected chi connectivity index (χ4v) is 5.60. The third-order valence-electron chi connectivity index (χ3n) is 7.77. The first-order valence-electron chi connectivity index (χ1n) is 13.7. The number of fused-ring (bicyclic) bond motifs is 1. The Hall–Kier alpha value is -5.16. The molecule has 0 unspecified atom stereocenters. The monoisotopic (exact) mass is 541 g/mol. The van der Waals surface area contributed by atoms with Crippen LogP contribution in [0.2, 0.25) is 0 Å². The molecule has 5 nitrogen and oxygen atoms in total. The molecule has 0 radical (unpaired) electrons. The van der Waals surface area contributed by atoms with Crippen LogP contribution >= 0.6 is 0 Å². The molecular formula is C36H31NO4. The van der Waals surface area contributed by atoms with Crippen molar-refractivity contribution in [3.05, 3.63) is 154 Å². The van der Waals surface area contributed by atoms with E-state index in [1.807, 2.05) is 72.8 Å². The molecule has 204 valence electrons. The highest BCUT2D eigenvalue weighted by atomic mass is 16.3. The molecule has 5 aromatic carbocycles. The molecule has 0 aliphatic heterocycles. The minimum atomic E-state index is 0.223. The Morgan fingerprint density at radius 1 is 0.463 bits per heavy atom. The number of phenolic OH excluding ortho intramolecular Hbond substituents is 4. The lowest BCUT2D eigenvalue weighted by Gasteiger charge is -2.15. The first-order chi connectivity index (χ1) is 20.0. The van der Waals surface area contributed by atoms with E-state index < -0.39 is 0 Å². The quantitative estimate of drug-likeness (QED) is 0.163. The van der Waals surface area contributed by atoms with Gasteiger partial charge in [0.2, 0.25) is 0 Å². The van der Waals surface area contributed by atoms with E-state index in [1.165, 1.54) is 0 Å². The molecule has 1 aromatic heterocycles. The van der Waals surface area contributed by atoms with Crippen LogP contribution in [0, 0.1) is 0 Å². The summed E-state index contributed by atoms with van der Waals surface area (Å²) >= 11 is 0. The molecule has 6 aromatic rings. The van der Waals surface area contributed by atoms with Crippen LogP contribution in [0.15, 0.2) is 115 Å². The number of nitrogens with zero attached hydrogens (tertiary/aromatic N) is 1. The zero-order valence-electron chi connectivity index (χ0n) is 22.5. The van der Waals surface area contributed by atoms with Gasteiger partial charge in [0.15, 0.2) is 0 Å². The molecular weight excluding hydrogens is 510 g/mol. The lowest BCUT2D eigenvalue weighted by Crippen LogP contribution is -2.07. The van der Waals surface area contributed by atoms with Gasteiger partial charge in [-0.05, 0) is 64.2 Å². The molecule has 0 bridgehead atoms. The Labute approximate surface area is 238 Å². The van der Waals surface area contributed by atoms with E-state index in [0.29, 0.717) is 25.8 Å². The second-order valence-electron chi connectivity index (χ2n) is 10.4. The third kappa shape index (κ3) is 5.35. The van der Waals surface area contributed by atoms with Crippen LogP contribution in [-0.4, -0.2) is 25.0 Å². The molecule has 41 heavy (non-hydrogen) atoms. The number of aromatic nitrogens is 1. The minimum Gasteiger partial charge on any atom is -0.508 e. The van der Waals surface area contributed by atoms with Gasteiger partial charge in [0.05, 0.1) is 6.54 Å². The Bertz CT molecular complexity index is 1850. The molecule has 0 spiro atoms. The van der Waals surface area contributed by atoms with E-state index in [-0.39, 0.29) is 23.0 Å². The van der Waals surface area contributed by atoms with Gasteiger partial charge in [0.25, 0.3) is 0 Å². The van der Waals surface area contributed by atoms with E-state index in [9.17, 15) is 20.4 Å². The topological polar surface area (TPSA) is 85.9 Å². The molecule has 1 heterocycles. The lowest BCUT2D eigenvalue weighted by molar-refractivity contribution is 0.464. The Morgan fingerprint density at radius 2 is 0.927 bits per heavy atom. The summed E-state index contributed by atoms with van der Waals surface area (Å²) in [6, 6.07) is 35.7. The normalized spacial score (nSPS) is 11.2. The molecule has 0 aliphatic rings. The Balaban J connectivity index is 1.57. The molecule has 0 amide bonds. The summed E-state index contributed by atoms with van der Waals surface area (Å²) < 4.78 is 2.20. The van der Waals surface area contributed by atoms with Crippen molar-refractivity contribution in [3.63, 3.8) is 0 Å². The van der Waals surface area contributed by atoms with Crippen LogP contribution in [0.25, 0.3) is 10.9 Å². The number of benzene rings is 5. The standard InChI is InChI=1S/C36H31NO4/c38-33-13-5-1-9-25(33)19-24-17-18-31-29(20-24)30(21-26-10-2-6-14-34(26)39)32(22-27-11-3-7-15-35(27)40)37(31)23-28-12-4-8-16-36(28)41/h1-18,20,38-41H,19,21-23H2. The van der Waals surface area contributed by atoms with Crippen LogP contribution in [-0.2, 0) is 25.8 Å². The first-order valence-corrected chi connectivity index (χ1v) is 13.7. The molecule has 5 heteroatoms. The number of rotatable bonds is 8. The fourth-order valence-electron chi connectivity index (χ4n) is 5.60. The Kier molecular flexibility index (Phi) is 7.09. The summed E-state index contributed by atoms with van der Waals surface area (Å²) in [6.45, 7) is 0.436. The van der Waals surface area contributed by atoms with E-state index in [4.69, 9.17) is 0 Å². The zero-order chi connectivity index (χ0) is 28.3. The fraction of sp³-hybridized carbons (Fsp3) is 0.111. The molecule has 0 saturated carbocycles. The zero-order valence-corrected chi connectivity index (χ0v) is 22.5. The van der Waals surface area contributed by atoms with Gasteiger partial charge in [-0.2, -0.15) is 0 Å². The summed E-state index contributed by atoms with van der Waals surface area (Å²) in [4.78, 5) is 0. The minimum absolute atomic E-state index is 0.223. The maximum Gasteiger partial charge on any atom is 0.120 e. The van der Waals surface area contributed by atoms with Crippen LogP contribution in [0.3, 0.4) is 0 Å². The predicted octanol–water partition coefficient (Wildman–Crippen LogP) is 7.28. The van der Waals surface area contributed by atoms with E-state index in [0.717, 1.165) is 50.0 Å². The Morgan fingerprint density at radius 3 is 1.46 bits per heavy atom. The predicted molar refractivity (Wildman–Crippen MR) is 162 cm³/mol. The average molecular weight is 542 g/mol. The smallest absolute Gasteiger partial charge is 0.120 e. The van der Waals surface area contributed by atoms with Crippen molar-refractivity contribution < 1.29 is 20.4 Å². The molecule has 0 fully saturated rings. The maximum absolute atomic E-state index is 10.7. The van der Waals surface area contributed by atoms with Crippen LogP contribution in [0.1, 0.15) is 39.1 Å². The van der Waals surface area contributed by atoms with Gasteiger partial charge in [-0.1, -0.05) is 78.9 Å². The number of hydrogen-bond donors (Lipinski definition) is 4. The number of hydrogen-bond acceptors (Lipinski definition) is 4. The van der Waals surface area contributed by atoms with E-state index >= 15 is 0 Å². The van der Waals surface area contributed by atoms with Crippen molar-refractivity contribution in [3.8, 4) is 23.0 Å². The van der Waals surface area contributed by atoms with Crippen LogP contribution < -0.4 is 0 Å². The number of para-hydroxylation sites is 4. The summed E-state index contributed by atoms with van der Waals surface area (Å²) in [5, 5.41) is 43.6. The van der Waals surface area contributed by atoms with Gasteiger partial charge < -0.3 is 25.0 Å². The summed E-state index contributed by atoms with van der Waals surface area (Å²) in [5.41, 5.74) is 7.30. The van der Waals surface area contributed by atoms with Crippen molar-refractivity contribution in [2.24, 2.45) is 0 Å². The third-order valence-corrected chi connectivity index (χ3v) is 7.77.